The number of para-hydroxylation sites is 1. The van der Waals surface area contributed by atoms with E-state index in [1.165, 1.54) is 17.2 Å². The van der Waals surface area contributed by atoms with Gasteiger partial charge in [0.2, 0.25) is 5.11 Å². The Morgan fingerprint density at radius 3 is 2.38 bits per heavy atom. The summed E-state index contributed by atoms with van der Waals surface area (Å²) in [5.41, 5.74) is 2.57. The van der Waals surface area contributed by atoms with Crippen molar-refractivity contribution in [3.8, 4) is 0 Å². The number of aryl methyl sites for hydroxylation is 1. The number of fused-ring (bicyclic) bond motifs is 1. The zero-order valence-corrected chi connectivity index (χ0v) is 15.3. The maximum absolute atomic E-state index is 12.6. The molecule has 2 aromatic rings. The van der Waals surface area contributed by atoms with Crippen molar-refractivity contribution in [3.05, 3.63) is 59.7 Å². The van der Waals surface area contributed by atoms with Crippen molar-refractivity contribution in [1.82, 2.24) is 4.90 Å². The molecule has 24 heavy (non-hydrogen) atoms. The van der Waals surface area contributed by atoms with Crippen molar-refractivity contribution in [3.63, 3.8) is 0 Å². The van der Waals surface area contributed by atoms with E-state index in [1.54, 1.807) is 18.2 Å². The van der Waals surface area contributed by atoms with Crippen LogP contribution in [0.25, 0.3) is 0 Å². The second kappa shape index (κ2) is 6.16. The highest BCUT2D eigenvalue weighted by molar-refractivity contribution is 7.87. The van der Waals surface area contributed by atoms with Crippen LogP contribution in [0.4, 0.5) is 5.69 Å². The van der Waals surface area contributed by atoms with Gasteiger partial charge in [-0.15, -0.1) is 4.28 Å². The molecule has 0 aromatic heterocycles. The maximum Gasteiger partial charge on any atom is 0.318 e. The number of benzene rings is 2. The lowest BCUT2D eigenvalue weighted by Gasteiger charge is -2.40. The molecule has 126 valence electrons. The summed E-state index contributed by atoms with van der Waals surface area (Å²) in [5.74, 6) is 0. The van der Waals surface area contributed by atoms with Crippen molar-refractivity contribution in [2.24, 2.45) is 0 Å². The molecule has 1 aliphatic heterocycles. The molecule has 0 aliphatic carbocycles. The van der Waals surface area contributed by atoms with Crippen molar-refractivity contribution >= 4 is 33.1 Å². The Kier molecular flexibility index (Phi) is 4.33. The van der Waals surface area contributed by atoms with Crippen LogP contribution in [-0.4, -0.2) is 25.5 Å². The van der Waals surface area contributed by atoms with E-state index in [4.69, 9.17) is 16.5 Å². The lowest BCUT2D eigenvalue weighted by molar-refractivity contribution is 0.287. The molecule has 0 amide bonds. The molecular weight excluding hydrogens is 344 g/mol. The van der Waals surface area contributed by atoms with Gasteiger partial charge in [-0.1, -0.05) is 35.9 Å². The van der Waals surface area contributed by atoms with E-state index in [9.17, 15) is 8.42 Å². The van der Waals surface area contributed by atoms with E-state index >= 15 is 0 Å². The molecule has 3 rings (SSSR count). The molecule has 0 fully saturated rings. The van der Waals surface area contributed by atoms with Crippen LogP contribution in [0.3, 0.4) is 0 Å². The quantitative estimate of drug-likeness (QED) is 0.780. The highest BCUT2D eigenvalue weighted by Gasteiger charge is 2.34. The van der Waals surface area contributed by atoms with Crippen LogP contribution in [-0.2, 0) is 14.4 Å². The van der Waals surface area contributed by atoms with Gasteiger partial charge in [0.1, 0.15) is 0 Å². The lowest BCUT2D eigenvalue weighted by atomic mass is 10.0. The van der Waals surface area contributed by atoms with Gasteiger partial charge in [-0.05, 0) is 44.3 Å². The minimum absolute atomic E-state index is 0.0376. The molecule has 1 atom stereocenters. The molecule has 1 aliphatic rings. The van der Waals surface area contributed by atoms with Gasteiger partial charge in [0.25, 0.3) is 0 Å². The molecular formula is C17H18N2O3S2. The molecule has 5 nitrogen and oxygen atoms in total. The molecule has 2 aromatic carbocycles. The number of hydrogen-bond donors (Lipinski definition) is 0. The average Bonchev–Trinajstić information content (AvgIpc) is 2.57. The van der Waals surface area contributed by atoms with Crippen LogP contribution in [0.2, 0.25) is 0 Å². The van der Waals surface area contributed by atoms with Crippen LogP contribution < -0.4 is 5.06 Å². The van der Waals surface area contributed by atoms with Gasteiger partial charge in [-0.2, -0.15) is 13.5 Å². The predicted molar refractivity (Wildman–Crippen MR) is 97.1 cm³/mol. The number of hydrogen-bond acceptors (Lipinski definition) is 4. The summed E-state index contributed by atoms with van der Waals surface area (Å²) in [6.07, 6.45) is 0. The number of anilines is 1. The third-order valence-electron chi connectivity index (χ3n) is 4.14. The highest BCUT2D eigenvalue weighted by Crippen LogP contribution is 2.36. The first-order chi connectivity index (χ1) is 11.3. The Bertz CT molecular complexity index is 879. The Balaban J connectivity index is 2.01. The van der Waals surface area contributed by atoms with Crippen LogP contribution in [0.15, 0.2) is 53.4 Å². The first-order valence-corrected chi connectivity index (χ1v) is 9.30. The van der Waals surface area contributed by atoms with Crippen LogP contribution in [0.5, 0.6) is 0 Å². The largest absolute Gasteiger partial charge is 0.343 e. The smallest absolute Gasteiger partial charge is 0.318 e. The second-order valence-corrected chi connectivity index (χ2v) is 7.66. The number of nitrogens with zero attached hydrogens (tertiary/aromatic N) is 2. The fraction of sp³-hybridized carbons (Fsp3) is 0.235. The molecule has 7 heteroatoms. The fourth-order valence-electron chi connectivity index (χ4n) is 2.56. The summed E-state index contributed by atoms with van der Waals surface area (Å²) < 4.78 is 30.6. The summed E-state index contributed by atoms with van der Waals surface area (Å²) in [5, 5.41) is 1.51. The lowest BCUT2D eigenvalue weighted by Crippen LogP contribution is -2.47. The number of hydroxylamine groups is 1. The van der Waals surface area contributed by atoms with Gasteiger partial charge >= 0.3 is 10.1 Å². The zero-order chi connectivity index (χ0) is 17.5. The van der Waals surface area contributed by atoms with Crippen molar-refractivity contribution in [2.75, 3.05) is 12.1 Å². The topological polar surface area (TPSA) is 49.9 Å². The standard InChI is InChI=1S/C17H18N2O3S2/c1-12-8-10-14(11-9-12)24(20,21)22-19-16-7-5-4-6-15(16)13(2)18(3)17(19)23/h4-11,13H,1-3H3. The highest BCUT2D eigenvalue weighted by atomic mass is 32.2. The van der Waals surface area contributed by atoms with Gasteiger partial charge in [0.05, 0.1) is 16.6 Å². The molecule has 0 radical (unpaired) electrons. The molecule has 0 saturated heterocycles. The van der Waals surface area contributed by atoms with Crippen LogP contribution >= 0.6 is 12.2 Å². The van der Waals surface area contributed by atoms with Gasteiger partial charge < -0.3 is 4.90 Å². The first-order valence-electron chi connectivity index (χ1n) is 7.48. The fourth-order valence-corrected chi connectivity index (χ4v) is 3.81. The molecule has 1 unspecified atom stereocenters. The van der Waals surface area contributed by atoms with Gasteiger partial charge in [0, 0.05) is 12.6 Å². The van der Waals surface area contributed by atoms with Gasteiger partial charge in [-0.3, -0.25) is 0 Å². The van der Waals surface area contributed by atoms with E-state index < -0.39 is 10.1 Å². The Labute approximate surface area is 147 Å². The summed E-state index contributed by atoms with van der Waals surface area (Å²) >= 11 is 5.40. The number of rotatable bonds is 3. The molecule has 1 heterocycles. The normalized spacial score (nSPS) is 17.8. The summed E-state index contributed by atoms with van der Waals surface area (Å²) in [7, 11) is -2.16. The first kappa shape index (κ1) is 16.9. The Morgan fingerprint density at radius 1 is 1.08 bits per heavy atom. The molecule has 0 bridgehead atoms. The Hall–Kier alpha value is -1.96. The minimum atomic E-state index is -3.98. The molecule has 0 saturated carbocycles. The van der Waals surface area contributed by atoms with Crippen molar-refractivity contribution < 1.29 is 12.7 Å². The molecule has 0 N–H and O–H groups in total. The third-order valence-corrected chi connectivity index (χ3v) is 5.79. The van der Waals surface area contributed by atoms with Crippen molar-refractivity contribution in [2.45, 2.75) is 24.8 Å². The van der Waals surface area contributed by atoms with Gasteiger partial charge in [0.15, 0.2) is 0 Å². The van der Waals surface area contributed by atoms with E-state index in [0.29, 0.717) is 10.8 Å². The number of thiocarbonyl (C=S) groups is 1. The van der Waals surface area contributed by atoms with Crippen LogP contribution in [0, 0.1) is 6.92 Å². The SMILES string of the molecule is Cc1ccc(S(=O)(=O)ON2C(=S)N(C)C(C)c3ccccc32)cc1. The summed E-state index contributed by atoms with van der Waals surface area (Å²) in [6, 6.07) is 14.0. The van der Waals surface area contributed by atoms with E-state index in [-0.39, 0.29) is 10.9 Å². The summed E-state index contributed by atoms with van der Waals surface area (Å²) in [6.45, 7) is 3.90. The van der Waals surface area contributed by atoms with E-state index in [0.717, 1.165) is 11.1 Å². The minimum Gasteiger partial charge on any atom is -0.343 e. The van der Waals surface area contributed by atoms with E-state index in [1.807, 2.05) is 44.0 Å². The van der Waals surface area contributed by atoms with Crippen LogP contribution in [0.1, 0.15) is 24.1 Å². The summed E-state index contributed by atoms with van der Waals surface area (Å²) in [4.78, 5) is 1.90. The maximum atomic E-state index is 12.6. The third kappa shape index (κ3) is 2.90. The molecule has 0 spiro atoms. The monoisotopic (exact) mass is 362 g/mol. The average molecular weight is 362 g/mol. The van der Waals surface area contributed by atoms with Gasteiger partial charge in [-0.25, -0.2) is 0 Å². The van der Waals surface area contributed by atoms with E-state index in [2.05, 4.69) is 0 Å². The van der Waals surface area contributed by atoms with Crippen molar-refractivity contribution in [1.29, 1.82) is 0 Å². The predicted octanol–water partition coefficient (Wildman–Crippen LogP) is 3.41. The second-order valence-electron chi connectivity index (χ2n) is 5.76. The Morgan fingerprint density at radius 2 is 1.71 bits per heavy atom. The zero-order valence-electron chi connectivity index (χ0n) is 13.6.